The van der Waals surface area contributed by atoms with Crippen molar-refractivity contribution in [2.75, 3.05) is 0 Å². The molecule has 0 saturated carbocycles. The van der Waals surface area contributed by atoms with Gasteiger partial charge in [-0.1, -0.05) is 55.2 Å². The predicted molar refractivity (Wildman–Crippen MR) is 96.7 cm³/mol. The van der Waals surface area contributed by atoms with Crippen LogP contribution in [0.4, 0.5) is 0 Å². The lowest BCUT2D eigenvalue weighted by atomic mass is 10.0. The van der Waals surface area contributed by atoms with Crippen molar-refractivity contribution in [1.82, 2.24) is 5.43 Å². The van der Waals surface area contributed by atoms with Crippen molar-refractivity contribution in [3.05, 3.63) is 69.2 Å². The smallest absolute Gasteiger partial charge is 0.267 e. The Morgan fingerprint density at radius 2 is 1.61 bits per heavy atom. The Kier molecular flexibility index (Phi) is 5.80. The van der Waals surface area contributed by atoms with Gasteiger partial charge in [-0.05, 0) is 48.2 Å². The first-order valence-electron chi connectivity index (χ1n) is 7.28. The van der Waals surface area contributed by atoms with Gasteiger partial charge in [-0.15, -0.1) is 0 Å². The van der Waals surface area contributed by atoms with E-state index < -0.39 is 0 Å². The van der Waals surface area contributed by atoms with E-state index in [0.717, 1.165) is 5.56 Å². The summed E-state index contributed by atoms with van der Waals surface area (Å²) < 4.78 is 0. The number of benzene rings is 2. The third-order valence-electron chi connectivity index (χ3n) is 3.50. The zero-order valence-electron chi connectivity index (χ0n) is 13.2. The topological polar surface area (TPSA) is 41.5 Å². The highest BCUT2D eigenvalue weighted by molar-refractivity contribution is 6.42. The van der Waals surface area contributed by atoms with E-state index in [2.05, 4.69) is 24.4 Å². The second-order valence-corrected chi connectivity index (χ2v) is 6.36. The molecule has 0 atom stereocenters. The van der Waals surface area contributed by atoms with Crippen molar-refractivity contribution in [2.24, 2.45) is 5.10 Å². The van der Waals surface area contributed by atoms with Gasteiger partial charge in [0.2, 0.25) is 0 Å². The molecule has 120 valence electrons. The van der Waals surface area contributed by atoms with Gasteiger partial charge in [0.25, 0.3) is 5.91 Å². The molecule has 5 heteroatoms. The number of nitrogens with zero attached hydrogens (tertiary/aromatic N) is 1. The summed E-state index contributed by atoms with van der Waals surface area (Å²) in [6.07, 6.45) is 0. The molecule has 2 aromatic carbocycles. The molecule has 2 aromatic rings. The van der Waals surface area contributed by atoms with Crippen molar-refractivity contribution in [2.45, 2.75) is 26.7 Å². The summed E-state index contributed by atoms with van der Waals surface area (Å²) in [5.74, 6) is 0.182. The van der Waals surface area contributed by atoms with Crippen LogP contribution >= 0.6 is 23.2 Å². The summed E-state index contributed by atoms with van der Waals surface area (Å²) in [5.41, 5.74) is 5.76. The maximum Gasteiger partial charge on any atom is 0.271 e. The normalized spacial score (nSPS) is 11.7. The van der Waals surface area contributed by atoms with Crippen molar-refractivity contribution < 1.29 is 4.79 Å². The number of hydrogen-bond acceptors (Lipinski definition) is 2. The highest BCUT2D eigenvalue weighted by atomic mass is 35.5. The highest BCUT2D eigenvalue weighted by Crippen LogP contribution is 2.22. The average Bonchev–Trinajstić information content (AvgIpc) is 2.54. The predicted octanol–water partition coefficient (Wildman–Crippen LogP) is 5.27. The maximum absolute atomic E-state index is 12.1. The van der Waals surface area contributed by atoms with Crippen LogP contribution in [0.1, 0.15) is 48.2 Å². The summed E-state index contributed by atoms with van der Waals surface area (Å²) in [4.78, 5) is 12.1. The van der Waals surface area contributed by atoms with Crippen LogP contribution in [0.2, 0.25) is 10.0 Å². The summed E-state index contributed by atoms with van der Waals surface area (Å²) in [6.45, 7) is 6.02. The van der Waals surface area contributed by atoms with E-state index >= 15 is 0 Å². The minimum absolute atomic E-state index is 0.250. The van der Waals surface area contributed by atoms with Crippen molar-refractivity contribution in [3.63, 3.8) is 0 Å². The molecule has 0 bridgehead atoms. The van der Waals surface area contributed by atoms with E-state index in [4.69, 9.17) is 23.2 Å². The molecule has 0 aromatic heterocycles. The molecule has 1 amide bonds. The van der Waals surface area contributed by atoms with Crippen LogP contribution in [0, 0.1) is 0 Å². The summed E-state index contributed by atoms with van der Waals surface area (Å²) in [6, 6.07) is 12.7. The van der Waals surface area contributed by atoms with Crippen molar-refractivity contribution >= 4 is 34.8 Å². The fourth-order valence-corrected chi connectivity index (χ4v) is 2.30. The van der Waals surface area contributed by atoms with Gasteiger partial charge in [0, 0.05) is 5.56 Å². The van der Waals surface area contributed by atoms with Gasteiger partial charge < -0.3 is 0 Å². The number of hydrazone groups is 1. The lowest BCUT2D eigenvalue weighted by molar-refractivity contribution is 0.0955. The van der Waals surface area contributed by atoms with Crippen LogP contribution in [0.15, 0.2) is 47.6 Å². The second-order valence-electron chi connectivity index (χ2n) is 5.54. The molecule has 23 heavy (non-hydrogen) atoms. The van der Waals surface area contributed by atoms with E-state index in [1.54, 1.807) is 37.3 Å². The van der Waals surface area contributed by atoms with Crippen LogP contribution in [-0.4, -0.2) is 11.6 Å². The fraction of sp³-hybridized carbons (Fsp3) is 0.222. The fourth-order valence-electron chi connectivity index (χ4n) is 2.00. The lowest BCUT2D eigenvalue weighted by Crippen LogP contribution is -2.19. The molecular formula is C18H18Cl2N2O. The van der Waals surface area contributed by atoms with Crippen molar-refractivity contribution in [3.8, 4) is 0 Å². The van der Waals surface area contributed by atoms with Crippen molar-refractivity contribution in [1.29, 1.82) is 0 Å². The zero-order valence-corrected chi connectivity index (χ0v) is 14.7. The molecule has 0 heterocycles. The summed E-state index contributed by atoms with van der Waals surface area (Å²) in [5, 5.41) is 5.05. The van der Waals surface area contributed by atoms with Gasteiger partial charge in [-0.3, -0.25) is 4.79 Å². The monoisotopic (exact) mass is 348 g/mol. The number of amides is 1. The van der Waals surface area contributed by atoms with Crippen LogP contribution in [0.25, 0.3) is 0 Å². The van der Waals surface area contributed by atoms with Gasteiger partial charge in [0.15, 0.2) is 0 Å². The Balaban J connectivity index is 2.08. The number of nitrogens with one attached hydrogen (secondary N) is 1. The molecule has 0 fully saturated rings. The van der Waals surface area contributed by atoms with E-state index in [9.17, 15) is 4.79 Å². The maximum atomic E-state index is 12.1. The minimum Gasteiger partial charge on any atom is -0.267 e. The summed E-state index contributed by atoms with van der Waals surface area (Å²) in [7, 11) is 0. The van der Waals surface area contributed by atoms with Gasteiger partial charge >= 0.3 is 0 Å². The van der Waals surface area contributed by atoms with Gasteiger partial charge in [-0.2, -0.15) is 5.10 Å². The molecule has 0 aliphatic rings. The molecule has 1 N–H and O–H groups in total. The standard InChI is InChI=1S/C18H18Cl2N2O/c1-11(2)13-4-6-14(7-5-13)18(23)22-21-12(3)15-8-9-16(19)17(20)10-15/h4-11H,1-3H3,(H,22,23)/b21-12+. The Labute approximate surface area is 146 Å². The Morgan fingerprint density at radius 3 is 2.17 bits per heavy atom. The zero-order chi connectivity index (χ0) is 17.0. The lowest BCUT2D eigenvalue weighted by Gasteiger charge is -2.07. The Hall–Kier alpha value is -1.84. The quantitative estimate of drug-likeness (QED) is 0.593. The number of halogens is 2. The number of hydrogen-bond donors (Lipinski definition) is 1. The molecular weight excluding hydrogens is 331 g/mol. The van der Waals surface area contributed by atoms with E-state index in [1.165, 1.54) is 5.56 Å². The van der Waals surface area contributed by atoms with E-state index in [0.29, 0.717) is 27.2 Å². The SMILES string of the molecule is C/C(=N\NC(=O)c1ccc(C(C)C)cc1)c1ccc(Cl)c(Cl)c1. The minimum atomic E-state index is -0.250. The number of carbonyl (C=O) groups is 1. The molecule has 0 aliphatic carbocycles. The first-order chi connectivity index (χ1) is 10.9. The first kappa shape index (κ1) is 17.5. The number of rotatable bonds is 4. The van der Waals surface area contributed by atoms with Crippen LogP contribution in [0.5, 0.6) is 0 Å². The molecule has 3 nitrogen and oxygen atoms in total. The second kappa shape index (κ2) is 7.62. The first-order valence-corrected chi connectivity index (χ1v) is 8.04. The average molecular weight is 349 g/mol. The summed E-state index contributed by atoms with van der Waals surface area (Å²) >= 11 is 11.9. The number of carbonyl (C=O) groups excluding carboxylic acids is 1. The highest BCUT2D eigenvalue weighted by Gasteiger charge is 2.07. The van der Waals surface area contributed by atoms with E-state index in [1.807, 2.05) is 12.1 Å². The van der Waals surface area contributed by atoms with Crippen LogP contribution in [-0.2, 0) is 0 Å². The molecule has 0 radical (unpaired) electrons. The van der Waals surface area contributed by atoms with Gasteiger partial charge in [0.1, 0.15) is 0 Å². The molecule has 0 saturated heterocycles. The van der Waals surface area contributed by atoms with Crippen LogP contribution in [0.3, 0.4) is 0 Å². The third-order valence-corrected chi connectivity index (χ3v) is 4.24. The van der Waals surface area contributed by atoms with Gasteiger partial charge in [-0.25, -0.2) is 5.43 Å². The Bertz CT molecular complexity index is 737. The largest absolute Gasteiger partial charge is 0.271 e. The molecule has 0 aliphatic heterocycles. The van der Waals surface area contributed by atoms with E-state index in [-0.39, 0.29) is 5.91 Å². The Morgan fingerprint density at radius 1 is 1.00 bits per heavy atom. The third kappa shape index (κ3) is 4.57. The van der Waals surface area contributed by atoms with Crippen LogP contribution < -0.4 is 5.43 Å². The molecule has 2 rings (SSSR count). The molecule has 0 spiro atoms. The van der Waals surface area contributed by atoms with Gasteiger partial charge in [0.05, 0.1) is 15.8 Å². The molecule has 0 unspecified atom stereocenters.